The highest BCUT2D eigenvalue weighted by atomic mass is 19.1. The highest BCUT2D eigenvalue weighted by Gasteiger charge is 2.07. The Balaban J connectivity index is 2.57. The van der Waals surface area contributed by atoms with Crippen molar-refractivity contribution in [1.82, 2.24) is 9.97 Å². The van der Waals surface area contributed by atoms with Crippen molar-refractivity contribution in [2.24, 2.45) is 0 Å². The first-order valence-corrected chi connectivity index (χ1v) is 4.24. The molecule has 0 unspecified atom stereocenters. The quantitative estimate of drug-likeness (QED) is 0.725. The number of nitrogens with one attached hydrogen (secondary N) is 1. The maximum Gasteiger partial charge on any atom is 0.197 e. The SMILES string of the molecule is Cc1c(F)cccc1-c1cnc(N)[nH]1. The molecular weight excluding hydrogens is 181 g/mol. The van der Waals surface area contributed by atoms with Crippen LogP contribution in [0.4, 0.5) is 10.3 Å². The second-order valence-electron chi connectivity index (χ2n) is 3.09. The number of halogens is 1. The molecule has 0 fully saturated rings. The van der Waals surface area contributed by atoms with Gasteiger partial charge in [-0.2, -0.15) is 0 Å². The normalized spacial score (nSPS) is 10.4. The van der Waals surface area contributed by atoms with Crippen molar-refractivity contribution in [3.8, 4) is 11.3 Å². The number of H-pyrrole nitrogens is 1. The summed E-state index contributed by atoms with van der Waals surface area (Å²) < 4.78 is 13.2. The molecule has 0 saturated carbocycles. The van der Waals surface area contributed by atoms with Crippen LogP contribution in [0.5, 0.6) is 0 Å². The number of aromatic nitrogens is 2. The molecule has 14 heavy (non-hydrogen) atoms. The lowest BCUT2D eigenvalue weighted by molar-refractivity contribution is 0.619. The van der Waals surface area contributed by atoms with Crippen LogP contribution in [0.1, 0.15) is 5.56 Å². The molecule has 2 rings (SSSR count). The zero-order chi connectivity index (χ0) is 10.1. The number of nitrogens with zero attached hydrogens (tertiary/aromatic N) is 1. The van der Waals surface area contributed by atoms with Crippen molar-refractivity contribution in [2.75, 3.05) is 5.73 Å². The van der Waals surface area contributed by atoms with Crippen LogP contribution < -0.4 is 5.73 Å². The van der Waals surface area contributed by atoms with Gasteiger partial charge >= 0.3 is 0 Å². The standard InChI is InChI=1S/C10H10FN3/c1-6-7(3-2-4-8(6)11)9-5-13-10(12)14-9/h2-5H,1H3,(H3,12,13,14). The van der Waals surface area contributed by atoms with Gasteiger partial charge in [-0.1, -0.05) is 12.1 Å². The average molecular weight is 191 g/mol. The zero-order valence-corrected chi connectivity index (χ0v) is 7.71. The van der Waals surface area contributed by atoms with Crippen LogP contribution in [0.15, 0.2) is 24.4 Å². The predicted octanol–water partition coefficient (Wildman–Crippen LogP) is 2.11. The first kappa shape index (κ1) is 8.74. The van der Waals surface area contributed by atoms with Gasteiger partial charge in [0, 0.05) is 5.56 Å². The van der Waals surface area contributed by atoms with E-state index >= 15 is 0 Å². The van der Waals surface area contributed by atoms with Gasteiger partial charge in [0.15, 0.2) is 5.95 Å². The molecule has 0 aliphatic heterocycles. The second-order valence-corrected chi connectivity index (χ2v) is 3.09. The van der Waals surface area contributed by atoms with E-state index in [4.69, 9.17) is 5.73 Å². The Kier molecular flexibility index (Phi) is 1.96. The Morgan fingerprint density at radius 1 is 1.43 bits per heavy atom. The fourth-order valence-electron chi connectivity index (χ4n) is 1.37. The van der Waals surface area contributed by atoms with Crippen molar-refractivity contribution < 1.29 is 4.39 Å². The third kappa shape index (κ3) is 1.35. The molecule has 1 aromatic heterocycles. The number of imidazole rings is 1. The second kappa shape index (κ2) is 3.14. The number of hydrogen-bond donors (Lipinski definition) is 2. The molecule has 0 spiro atoms. The molecule has 72 valence electrons. The van der Waals surface area contributed by atoms with Gasteiger partial charge in [-0.05, 0) is 18.6 Å². The molecule has 2 aromatic rings. The van der Waals surface area contributed by atoms with E-state index in [1.165, 1.54) is 6.07 Å². The minimum atomic E-state index is -0.226. The molecule has 4 heteroatoms. The maximum atomic E-state index is 13.2. The largest absolute Gasteiger partial charge is 0.369 e. The number of nitrogens with two attached hydrogens (primary N) is 1. The average Bonchev–Trinajstić information content (AvgIpc) is 2.57. The smallest absolute Gasteiger partial charge is 0.197 e. The number of nitrogen functional groups attached to an aromatic ring is 1. The molecular formula is C10H10FN3. The minimum absolute atomic E-state index is 0.226. The summed E-state index contributed by atoms with van der Waals surface area (Å²) in [5, 5.41) is 0. The Bertz CT molecular complexity index is 462. The minimum Gasteiger partial charge on any atom is -0.369 e. The van der Waals surface area contributed by atoms with Crippen LogP contribution >= 0.6 is 0 Å². The fraction of sp³-hybridized carbons (Fsp3) is 0.100. The highest BCUT2D eigenvalue weighted by molar-refractivity contribution is 5.64. The summed E-state index contributed by atoms with van der Waals surface area (Å²) in [5.41, 5.74) is 7.56. The molecule has 3 nitrogen and oxygen atoms in total. The van der Waals surface area contributed by atoms with Gasteiger partial charge in [-0.3, -0.25) is 0 Å². The molecule has 0 saturated heterocycles. The third-order valence-corrected chi connectivity index (χ3v) is 2.15. The van der Waals surface area contributed by atoms with Crippen LogP contribution in [0.3, 0.4) is 0 Å². The summed E-state index contributed by atoms with van der Waals surface area (Å²) >= 11 is 0. The van der Waals surface area contributed by atoms with E-state index in [1.54, 1.807) is 19.2 Å². The summed E-state index contributed by atoms with van der Waals surface area (Å²) in [6.45, 7) is 1.72. The van der Waals surface area contributed by atoms with Crippen molar-refractivity contribution in [1.29, 1.82) is 0 Å². The molecule has 0 atom stereocenters. The Morgan fingerprint density at radius 3 is 2.86 bits per heavy atom. The van der Waals surface area contributed by atoms with E-state index < -0.39 is 0 Å². The van der Waals surface area contributed by atoms with Crippen LogP contribution in [-0.4, -0.2) is 9.97 Å². The van der Waals surface area contributed by atoms with Gasteiger partial charge in [0.1, 0.15) is 5.82 Å². The Hall–Kier alpha value is -1.84. The summed E-state index contributed by atoms with van der Waals surface area (Å²) in [7, 11) is 0. The number of anilines is 1. The van der Waals surface area contributed by atoms with Gasteiger partial charge in [0.25, 0.3) is 0 Å². The molecule has 0 aliphatic carbocycles. The van der Waals surface area contributed by atoms with E-state index in [9.17, 15) is 4.39 Å². The summed E-state index contributed by atoms with van der Waals surface area (Å²) in [5.74, 6) is 0.110. The van der Waals surface area contributed by atoms with Gasteiger partial charge in [0.2, 0.25) is 0 Å². The monoisotopic (exact) mass is 191 g/mol. The molecule has 0 radical (unpaired) electrons. The first-order valence-electron chi connectivity index (χ1n) is 4.24. The predicted molar refractivity (Wildman–Crippen MR) is 53.1 cm³/mol. The summed E-state index contributed by atoms with van der Waals surface area (Å²) in [6, 6.07) is 4.92. The summed E-state index contributed by atoms with van der Waals surface area (Å²) in [6.07, 6.45) is 1.59. The Labute approximate surface area is 80.8 Å². The molecule has 1 heterocycles. The van der Waals surface area contributed by atoms with Gasteiger partial charge in [-0.15, -0.1) is 0 Å². The zero-order valence-electron chi connectivity index (χ0n) is 7.71. The molecule has 0 aliphatic rings. The van der Waals surface area contributed by atoms with Crippen LogP contribution in [0.2, 0.25) is 0 Å². The lowest BCUT2D eigenvalue weighted by Gasteiger charge is -2.03. The van der Waals surface area contributed by atoms with Crippen molar-refractivity contribution in [3.63, 3.8) is 0 Å². The third-order valence-electron chi connectivity index (χ3n) is 2.15. The highest BCUT2D eigenvalue weighted by Crippen LogP contribution is 2.23. The fourth-order valence-corrected chi connectivity index (χ4v) is 1.37. The van der Waals surface area contributed by atoms with Gasteiger partial charge in [-0.25, -0.2) is 9.37 Å². The van der Waals surface area contributed by atoms with Gasteiger partial charge < -0.3 is 10.7 Å². The van der Waals surface area contributed by atoms with E-state index in [2.05, 4.69) is 9.97 Å². The molecule has 1 aromatic carbocycles. The summed E-state index contributed by atoms with van der Waals surface area (Å²) in [4.78, 5) is 6.72. The van der Waals surface area contributed by atoms with Crippen LogP contribution in [0, 0.1) is 12.7 Å². The molecule has 0 amide bonds. The molecule has 0 bridgehead atoms. The van der Waals surface area contributed by atoms with Crippen molar-refractivity contribution >= 4 is 5.95 Å². The number of aromatic amines is 1. The lowest BCUT2D eigenvalue weighted by Crippen LogP contribution is -1.89. The van der Waals surface area contributed by atoms with Crippen molar-refractivity contribution in [2.45, 2.75) is 6.92 Å². The van der Waals surface area contributed by atoms with Crippen LogP contribution in [-0.2, 0) is 0 Å². The number of rotatable bonds is 1. The van der Waals surface area contributed by atoms with Crippen LogP contribution in [0.25, 0.3) is 11.3 Å². The van der Waals surface area contributed by atoms with E-state index in [0.717, 1.165) is 11.3 Å². The number of hydrogen-bond acceptors (Lipinski definition) is 2. The Morgan fingerprint density at radius 2 is 2.21 bits per heavy atom. The van der Waals surface area contributed by atoms with E-state index in [1.807, 2.05) is 6.07 Å². The topological polar surface area (TPSA) is 54.7 Å². The molecule has 3 N–H and O–H groups in total. The first-order chi connectivity index (χ1) is 6.68. The maximum absolute atomic E-state index is 13.2. The van der Waals surface area contributed by atoms with Gasteiger partial charge in [0.05, 0.1) is 11.9 Å². The van der Waals surface area contributed by atoms with E-state index in [0.29, 0.717) is 11.5 Å². The number of benzene rings is 1. The van der Waals surface area contributed by atoms with Crippen molar-refractivity contribution in [3.05, 3.63) is 35.8 Å². The lowest BCUT2D eigenvalue weighted by atomic mass is 10.1. The van der Waals surface area contributed by atoms with E-state index in [-0.39, 0.29) is 5.82 Å².